The van der Waals surface area contributed by atoms with Gasteiger partial charge in [-0.1, -0.05) is 13.8 Å². The van der Waals surface area contributed by atoms with Crippen LogP contribution in [0.1, 0.15) is 13.8 Å². The van der Waals surface area contributed by atoms with E-state index in [1.807, 2.05) is 18.9 Å². The van der Waals surface area contributed by atoms with E-state index in [2.05, 4.69) is 5.43 Å². The number of carbonyl (C=O) groups excluding carboxylic acids is 1. The van der Waals surface area contributed by atoms with Gasteiger partial charge in [0.15, 0.2) is 0 Å². The zero-order valence-electron chi connectivity index (χ0n) is 9.53. The molecule has 3 N–H and O–H groups in total. The molecule has 5 heteroatoms. The summed E-state index contributed by atoms with van der Waals surface area (Å²) in [7, 11) is 0. The minimum absolute atomic E-state index is 0.0226. The van der Waals surface area contributed by atoms with Gasteiger partial charge in [-0.25, -0.2) is 5.01 Å². The van der Waals surface area contributed by atoms with Gasteiger partial charge in [-0.3, -0.25) is 10.2 Å². The summed E-state index contributed by atoms with van der Waals surface area (Å²) in [5.74, 6) is 0.193. The van der Waals surface area contributed by atoms with Crippen LogP contribution in [0, 0.1) is 11.8 Å². The van der Waals surface area contributed by atoms with Crippen LogP contribution < -0.4 is 11.2 Å². The highest BCUT2D eigenvalue weighted by Gasteiger charge is 2.22. The molecule has 1 rings (SSSR count). The van der Waals surface area contributed by atoms with Crippen molar-refractivity contribution < 1.29 is 9.53 Å². The highest BCUT2D eigenvalue weighted by Crippen LogP contribution is 2.09. The number of nitrogens with two attached hydrogens (primary N) is 1. The first-order chi connectivity index (χ1) is 7.15. The summed E-state index contributed by atoms with van der Waals surface area (Å²) in [5.41, 5.74) is 8.46. The molecule has 0 radical (unpaired) electrons. The van der Waals surface area contributed by atoms with Gasteiger partial charge >= 0.3 is 0 Å². The van der Waals surface area contributed by atoms with E-state index in [1.54, 1.807) is 0 Å². The van der Waals surface area contributed by atoms with Crippen LogP contribution in [-0.4, -0.2) is 43.8 Å². The van der Waals surface area contributed by atoms with Crippen molar-refractivity contribution in [3.05, 3.63) is 0 Å². The molecule has 1 amide bonds. The lowest BCUT2D eigenvalue weighted by molar-refractivity contribution is -0.133. The topological polar surface area (TPSA) is 67.6 Å². The molecule has 0 aromatic rings. The Kier molecular flexibility index (Phi) is 5.01. The number of hydrogen-bond acceptors (Lipinski definition) is 4. The molecule has 1 fully saturated rings. The Morgan fingerprint density at radius 2 is 2.07 bits per heavy atom. The monoisotopic (exact) mass is 215 g/mol. The second kappa shape index (κ2) is 6.05. The van der Waals surface area contributed by atoms with Gasteiger partial charge in [0.05, 0.1) is 19.1 Å². The fraction of sp³-hybridized carbons (Fsp3) is 0.900. The molecule has 1 saturated heterocycles. The van der Waals surface area contributed by atoms with E-state index in [-0.39, 0.29) is 17.7 Å². The number of morpholine rings is 1. The van der Waals surface area contributed by atoms with Crippen molar-refractivity contribution in [1.82, 2.24) is 10.4 Å². The van der Waals surface area contributed by atoms with E-state index in [4.69, 9.17) is 10.5 Å². The first-order valence-electron chi connectivity index (χ1n) is 5.48. The Morgan fingerprint density at radius 3 is 2.53 bits per heavy atom. The van der Waals surface area contributed by atoms with Crippen molar-refractivity contribution >= 4 is 5.91 Å². The van der Waals surface area contributed by atoms with Crippen molar-refractivity contribution in [2.45, 2.75) is 13.8 Å². The fourth-order valence-electron chi connectivity index (χ4n) is 1.60. The number of hydrazine groups is 1. The van der Waals surface area contributed by atoms with Crippen LogP contribution in [0.2, 0.25) is 0 Å². The van der Waals surface area contributed by atoms with Crippen molar-refractivity contribution in [3.63, 3.8) is 0 Å². The number of rotatable bonds is 4. The molecule has 88 valence electrons. The standard InChI is InChI=1S/C10H21N3O2/c1-8(2)9(7-11)10(14)12-13-3-5-15-6-4-13/h8-9H,3-7,11H2,1-2H3,(H,12,14). The molecular formula is C10H21N3O2. The van der Waals surface area contributed by atoms with Crippen LogP contribution in [0.3, 0.4) is 0 Å². The van der Waals surface area contributed by atoms with Gasteiger partial charge < -0.3 is 10.5 Å². The summed E-state index contributed by atoms with van der Waals surface area (Å²) in [6.45, 7) is 7.27. The third-order valence-corrected chi connectivity index (χ3v) is 2.67. The second-order valence-corrected chi connectivity index (χ2v) is 4.16. The lowest BCUT2D eigenvalue weighted by Gasteiger charge is -2.29. The van der Waals surface area contributed by atoms with Crippen LogP contribution >= 0.6 is 0 Å². The normalized spacial score (nSPS) is 20.3. The molecule has 0 aliphatic carbocycles. The summed E-state index contributed by atoms with van der Waals surface area (Å²) in [5, 5.41) is 1.90. The summed E-state index contributed by atoms with van der Waals surface area (Å²) < 4.78 is 5.20. The zero-order valence-corrected chi connectivity index (χ0v) is 9.53. The van der Waals surface area contributed by atoms with Crippen molar-refractivity contribution in [2.75, 3.05) is 32.8 Å². The SMILES string of the molecule is CC(C)C(CN)C(=O)NN1CCOCC1. The lowest BCUT2D eigenvalue weighted by Crippen LogP contribution is -2.51. The molecule has 15 heavy (non-hydrogen) atoms. The van der Waals surface area contributed by atoms with Gasteiger partial charge in [0.2, 0.25) is 5.91 Å². The number of nitrogens with one attached hydrogen (secondary N) is 1. The van der Waals surface area contributed by atoms with Gasteiger partial charge in [0, 0.05) is 19.6 Å². The third-order valence-electron chi connectivity index (χ3n) is 2.67. The largest absolute Gasteiger partial charge is 0.379 e. The van der Waals surface area contributed by atoms with Gasteiger partial charge in [-0.2, -0.15) is 0 Å². The van der Waals surface area contributed by atoms with Crippen LogP contribution in [0.15, 0.2) is 0 Å². The third kappa shape index (κ3) is 3.77. The summed E-state index contributed by atoms with van der Waals surface area (Å²) in [4.78, 5) is 11.8. The molecule has 0 saturated carbocycles. The predicted molar refractivity (Wildman–Crippen MR) is 57.9 cm³/mol. The minimum Gasteiger partial charge on any atom is -0.379 e. The highest BCUT2D eigenvalue weighted by atomic mass is 16.5. The van der Waals surface area contributed by atoms with E-state index >= 15 is 0 Å². The first-order valence-corrected chi connectivity index (χ1v) is 5.48. The quantitative estimate of drug-likeness (QED) is 0.668. The van der Waals surface area contributed by atoms with Crippen molar-refractivity contribution in [1.29, 1.82) is 0 Å². The second-order valence-electron chi connectivity index (χ2n) is 4.16. The molecule has 1 unspecified atom stereocenters. The smallest absolute Gasteiger partial charge is 0.238 e. The van der Waals surface area contributed by atoms with Crippen LogP contribution in [0.5, 0.6) is 0 Å². The van der Waals surface area contributed by atoms with E-state index in [0.29, 0.717) is 19.8 Å². The van der Waals surface area contributed by atoms with Crippen LogP contribution in [0.4, 0.5) is 0 Å². The average molecular weight is 215 g/mol. The maximum Gasteiger partial charge on any atom is 0.238 e. The molecule has 0 bridgehead atoms. The van der Waals surface area contributed by atoms with Gasteiger partial charge in [-0.05, 0) is 5.92 Å². The van der Waals surface area contributed by atoms with E-state index in [1.165, 1.54) is 0 Å². The summed E-state index contributed by atoms with van der Waals surface area (Å²) in [6, 6.07) is 0. The zero-order chi connectivity index (χ0) is 11.3. The van der Waals surface area contributed by atoms with Gasteiger partial charge in [0.1, 0.15) is 0 Å². The molecule has 1 heterocycles. The number of nitrogens with zero attached hydrogens (tertiary/aromatic N) is 1. The number of hydrogen-bond donors (Lipinski definition) is 2. The van der Waals surface area contributed by atoms with E-state index in [0.717, 1.165) is 13.1 Å². The van der Waals surface area contributed by atoms with Crippen LogP contribution in [0.25, 0.3) is 0 Å². The molecule has 1 aliphatic heterocycles. The van der Waals surface area contributed by atoms with Crippen LogP contribution in [-0.2, 0) is 9.53 Å². The first kappa shape index (κ1) is 12.4. The molecule has 0 spiro atoms. The van der Waals surface area contributed by atoms with E-state index in [9.17, 15) is 4.79 Å². The Hall–Kier alpha value is -0.650. The Balaban J connectivity index is 2.38. The minimum atomic E-state index is -0.104. The maximum atomic E-state index is 11.8. The fourth-order valence-corrected chi connectivity index (χ4v) is 1.60. The number of ether oxygens (including phenoxy) is 1. The molecule has 1 atom stereocenters. The Labute approximate surface area is 90.9 Å². The number of carbonyl (C=O) groups is 1. The molecule has 0 aromatic heterocycles. The predicted octanol–water partition coefficient (Wildman–Crippen LogP) is -0.419. The lowest BCUT2D eigenvalue weighted by atomic mass is 9.95. The van der Waals surface area contributed by atoms with Crippen molar-refractivity contribution in [3.8, 4) is 0 Å². The molecule has 5 nitrogen and oxygen atoms in total. The highest BCUT2D eigenvalue weighted by molar-refractivity contribution is 5.78. The van der Waals surface area contributed by atoms with Crippen molar-refractivity contribution in [2.24, 2.45) is 17.6 Å². The molecule has 0 aromatic carbocycles. The summed E-state index contributed by atoms with van der Waals surface area (Å²) in [6.07, 6.45) is 0. The molecule has 1 aliphatic rings. The van der Waals surface area contributed by atoms with E-state index < -0.39 is 0 Å². The van der Waals surface area contributed by atoms with Gasteiger partial charge in [-0.15, -0.1) is 0 Å². The Morgan fingerprint density at radius 1 is 1.47 bits per heavy atom. The Bertz CT molecular complexity index is 203. The maximum absolute atomic E-state index is 11.8. The molecular weight excluding hydrogens is 194 g/mol. The average Bonchev–Trinajstić information content (AvgIpc) is 2.19. The van der Waals surface area contributed by atoms with Gasteiger partial charge in [0.25, 0.3) is 0 Å². The summed E-state index contributed by atoms with van der Waals surface area (Å²) >= 11 is 0. The number of amides is 1.